The van der Waals surface area contributed by atoms with E-state index in [9.17, 15) is 4.39 Å². The molecule has 0 aliphatic rings. The van der Waals surface area contributed by atoms with Gasteiger partial charge in [-0.1, -0.05) is 6.92 Å². The van der Waals surface area contributed by atoms with Crippen LogP contribution >= 0.6 is 0 Å². The molecule has 1 atom stereocenters. The lowest BCUT2D eigenvalue weighted by atomic mass is 9.96. The molecule has 2 nitrogen and oxygen atoms in total. The highest BCUT2D eigenvalue weighted by atomic mass is 19.1. The molecule has 0 aliphatic carbocycles. The van der Waals surface area contributed by atoms with Gasteiger partial charge < -0.3 is 10.5 Å². The van der Waals surface area contributed by atoms with Crippen LogP contribution in [0.5, 0.6) is 5.75 Å². The lowest BCUT2D eigenvalue weighted by molar-refractivity contribution is 0.401. The van der Waals surface area contributed by atoms with E-state index in [1.165, 1.54) is 6.07 Å². The van der Waals surface area contributed by atoms with Crippen LogP contribution in [0.3, 0.4) is 0 Å². The van der Waals surface area contributed by atoms with Crippen LogP contribution in [0.1, 0.15) is 36.6 Å². The molecule has 0 bridgehead atoms. The van der Waals surface area contributed by atoms with Crippen molar-refractivity contribution in [1.29, 1.82) is 0 Å². The molecule has 1 unspecified atom stereocenters. The van der Waals surface area contributed by atoms with Gasteiger partial charge in [0.15, 0.2) is 0 Å². The maximum absolute atomic E-state index is 13.6. The average Bonchev–Trinajstić information content (AvgIpc) is 2.20. The standard InChI is InChI=1S/C12H18FNO/c1-5-9-10(8(3)14)6-11(13)7(2)12(9)15-4/h6,8H,5,14H2,1-4H3. The molecular weight excluding hydrogens is 193 g/mol. The van der Waals surface area contributed by atoms with E-state index in [2.05, 4.69) is 0 Å². The predicted octanol–water partition coefficient (Wildman–Crippen LogP) is 2.72. The van der Waals surface area contributed by atoms with Crippen LogP contribution in [-0.2, 0) is 6.42 Å². The van der Waals surface area contributed by atoms with E-state index in [4.69, 9.17) is 10.5 Å². The van der Waals surface area contributed by atoms with Crippen molar-refractivity contribution in [2.75, 3.05) is 7.11 Å². The van der Waals surface area contributed by atoms with E-state index >= 15 is 0 Å². The highest BCUT2D eigenvalue weighted by Gasteiger charge is 2.16. The maximum Gasteiger partial charge on any atom is 0.130 e. The minimum atomic E-state index is -0.253. The van der Waals surface area contributed by atoms with Crippen LogP contribution in [-0.4, -0.2) is 7.11 Å². The molecule has 1 rings (SSSR count). The Labute approximate surface area is 90.2 Å². The molecule has 1 aromatic carbocycles. The number of rotatable bonds is 3. The smallest absolute Gasteiger partial charge is 0.130 e. The fourth-order valence-electron chi connectivity index (χ4n) is 1.85. The Kier molecular flexibility index (Phi) is 3.69. The Bertz CT molecular complexity index is 361. The Balaban J connectivity index is 3.47. The third-order valence-corrected chi connectivity index (χ3v) is 2.65. The quantitative estimate of drug-likeness (QED) is 0.834. The van der Waals surface area contributed by atoms with Gasteiger partial charge in [-0.05, 0) is 37.5 Å². The molecule has 84 valence electrons. The van der Waals surface area contributed by atoms with E-state index in [0.29, 0.717) is 11.3 Å². The molecule has 0 amide bonds. The van der Waals surface area contributed by atoms with Gasteiger partial charge in [-0.15, -0.1) is 0 Å². The Morgan fingerprint density at radius 1 is 1.53 bits per heavy atom. The molecule has 0 heterocycles. The molecule has 0 saturated carbocycles. The van der Waals surface area contributed by atoms with Crippen molar-refractivity contribution in [3.63, 3.8) is 0 Å². The monoisotopic (exact) mass is 211 g/mol. The summed E-state index contributed by atoms with van der Waals surface area (Å²) in [5, 5.41) is 0. The number of hydrogen-bond acceptors (Lipinski definition) is 2. The number of ether oxygens (including phenoxy) is 1. The maximum atomic E-state index is 13.6. The summed E-state index contributed by atoms with van der Waals surface area (Å²) in [6, 6.07) is 1.34. The van der Waals surface area contributed by atoms with Crippen molar-refractivity contribution < 1.29 is 9.13 Å². The predicted molar refractivity (Wildman–Crippen MR) is 59.7 cm³/mol. The summed E-state index contributed by atoms with van der Waals surface area (Å²) in [4.78, 5) is 0. The summed E-state index contributed by atoms with van der Waals surface area (Å²) in [5.41, 5.74) is 8.20. The molecule has 1 aromatic rings. The van der Waals surface area contributed by atoms with Gasteiger partial charge in [0.2, 0.25) is 0 Å². The van der Waals surface area contributed by atoms with E-state index < -0.39 is 0 Å². The van der Waals surface area contributed by atoms with E-state index in [0.717, 1.165) is 17.5 Å². The first-order valence-corrected chi connectivity index (χ1v) is 5.14. The van der Waals surface area contributed by atoms with Gasteiger partial charge in [0.05, 0.1) is 7.11 Å². The van der Waals surface area contributed by atoms with Gasteiger partial charge in [0, 0.05) is 11.6 Å². The minimum Gasteiger partial charge on any atom is -0.496 e. The molecule has 0 radical (unpaired) electrons. The summed E-state index contributed by atoms with van der Waals surface area (Å²) in [5.74, 6) is 0.376. The first kappa shape index (κ1) is 12.0. The molecule has 2 N–H and O–H groups in total. The first-order valence-electron chi connectivity index (χ1n) is 5.14. The second-order valence-electron chi connectivity index (χ2n) is 3.73. The summed E-state index contributed by atoms with van der Waals surface area (Å²) >= 11 is 0. The summed E-state index contributed by atoms with van der Waals surface area (Å²) in [6.45, 7) is 5.59. The first-order chi connectivity index (χ1) is 7.02. The van der Waals surface area contributed by atoms with Gasteiger partial charge in [-0.2, -0.15) is 0 Å². The van der Waals surface area contributed by atoms with E-state index in [1.54, 1.807) is 14.0 Å². The third kappa shape index (κ3) is 2.12. The fourth-order valence-corrected chi connectivity index (χ4v) is 1.85. The molecule has 0 spiro atoms. The molecule has 15 heavy (non-hydrogen) atoms. The van der Waals surface area contributed by atoms with E-state index in [-0.39, 0.29) is 11.9 Å². The minimum absolute atomic E-state index is 0.177. The Hall–Kier alpha value is -1.09. The van der Waals surface area contributed by atoms with Gasteiger partial charge in [0.1, 0.15) is 11.6 Å². The van der Waals surface area contributed by atoms with Crippen LogP contribution in [0.2, 0.25) is 0 Å². The molecule has 0 aromatic heterocycles. The second-order valence-corrected chi connectivity index (χ2v) is 3.73. The zero-order chi connectivity index (χ0) is 11.6. The third-order valence-electron chi connectivity index (χ3n) is 2.65. The van der Waals surface area contributed by atoms with Crippen molar-refractivity contribution in [2.45, 2.75) is 33.2 Å². The second kappa shape index (κ2) is 4.62. The van der Waals surface area contributed by atoms with Crippen LogP contribution in [0.25, 0.3) is 0 Å². The lowest BCUT2D eigenvalue weighted by Crippen LogP contribution is -2.11. The zero-order valence-electron chi connectivity index (χ0n) is 9.73. The summed E-state index contributed by atoms with van der Waals surface area (Å²) < 4.78 is 18.8. The topological polar surface area (TPSA) is 35.2 Å². The fraction of sp³-hybridized carbons (Fsp3) is 0.500. The number of nitrogens with two attached hydrogens (primary N) is 1. The van der Waals surface area contributed by atoms with Gasteiger partial charge in [-0.25, -0.2) is 4.39 Å². The van der Waals surface area contributed by atoms with Gasteiger partial charge in [-0.3, -0.25) is 0 Å². The molecule has 0 fully saturated rings. The number of halogens is 1. The van der Waals surface area contributed by atoms with Crippen molar-refractivity contribution in [3.8, 4) is 5.75 Å². The number of hydrogen-bond donors (Lipinski definition) is 1. The largest absolute Gasteiger partial charge is 0.496 e. The molecule has 0 saturated heterocycles. The Morgan fingerprint density at radius 2 is 2.13 bits per heavy atom. The molecular formula is C12H18FNO. The van der Waals surface area contributed by atoms with E-state index in [1.807, 2.05) is 13.8 Å². The molecule has 3 heteroatoms. The highest BCUT2D eigenvalue weighted by molar-refractivity contribution is 5.47. The molecule has 0 aliphatic heterocycles. The van der Waals surface area contributed by atoms with Crippen molar-refractivity contribution in [2.24, 2.45) is 5.73 Å². The lowest BCUT2D eigenvalue weighted by Gasteiger charge is -2.18. The van der Waals surface area contributed by atoms with Crippen LogP contribution < -0.4 is 10.5 Å². The summed E-state index contributed by atoms with van der Waals surface area (Å²) in [7, 11) is 1.56. The van der Waals surface area contributed by atoms with Gasteiger partial charge in [0.25, 0.3) is 0 Å². The number of benzene rings is 1. The summed E-state index contributed by atoms with van der Waals surface area (Å²) in [6.07, 6.45) is 0.793. The van der Waals surface area contributed by atoms with Crippen LogP contribution in [0.4, 0.5) is 4.39 Å². The van der Waals surface area contributed by atoms with Gasteiger partial charge >= 0.3 is 0 Å². The highest BCUT2D eigenvalue weighted by Crippen LogP contribution is 2.32. The van der Waals surface area contributed by atoms with Crippen molar-refractivity contribution in [3.05, 3.63) is 28.6 Å². The van der Waals surface area contributed by atoms with Crippen molar-refractivity contribution in [1.82, 2.24) is 0 Å². The van der Waals surface area contributed by atoms with Crippen LogP contribution in [0.15, 0.2) is 6.07 Å². The van der Waals surface area contributed by atoms with Crippen LogP contribution in [0, 0.1) is 12.7 Å². The normalized spacial score (nSPS) is 12.7. The average molecular weight is 211 g/mol. The number of methoxy groups -OCH3 is 1. The Morgan fingerprint density at radius 3 is 2.53 bits per heavy atom. The SMILES string of the molecule is CCc1c(C(C)N)cc(F)c(C)c1OC. The van der Waals surface area contributed by atoms with Crippen molar-refractivity contribution >= 4 is 0 Å². The zero-order valence-corrected chi connectivity index (χ0v) is 9.73.